The van der Waals surface area contributed by atoms with Gasteiger partial charge in [-0.2, -0.15) is 0 Å². The Hall–Kier alpha value is -2.41. The Kier molecular flexibility index (Phi) is 6.14. The van der Waals surface area contributed by atoms with Crippen LogP contribution in [0.15, 0.2) is 23.6 Å². The molecule has 1 unspecified atom stereocenters. The maximum Gasteiger partial charge on any atom is 0.266 e. The molecule has 7 heteroatoms. The number of rotatable bonds is 7. The van der Waals surface area contributed by atoms with Crippen LogP contribution in [0.25, 0.3) is 0 Å². The van der Waals surface area contributed by atoms with Crippen LogP contribution in [0.3, 0.4) is 0 Å². The zero-order chi connectivity index (χ0) is 18.6. The van der Waals surface area contributed by atoms with E-state index in [2.05, 4.69) is 24.1 Å². The van der Waals surface area contributed by atoms with Gasteiger partial charge in [0.2, 0.25) is 5.91 Å². The minimum absolute atomic E-state index is 0.0550. The van der Waals surface area contributed by atoms with Gasteiger partial charge in [0.25, 0.3) is 5.91 Å². The zero-order valence-electron chi connectivity index (χ0n) is 14.8. The van der Waals surface area contributed by atoms with Gasteiger partial charge in [0.1, 0.15) is 5.75 Å². The first-order chi connectivity index (χ1) is 11.8. The van der Waals surface area contributed by atoms with Crippen LogP contribution in [0, 0.1) is 6.92 Å². The van der Waals surface area contributed by atoms with Crippen molar-refractivity contribution in [2.75, 3.05) is 5.32 Å². The fourth-order valence-electron chi connectivity index (χ4n) is 2.30. The van der Waals surface area contributed by atoms with E-state index in [-0.39, 0.29) is 12.3 Å². The highest BCUT2D eigenvalue weighted by Crippen LogP contribution is 2.28. The lowest BCUT2D eigenvalue weighted by molar-refractivity contribution is -0.122. The van der Waals surface area contributed by atoms with Crippen molar-refractivity contribution in [3.05, 3.63) is 40.4 Å². The first-order valence-electron chi connectivity index (χ1n) is 8.07. The van der Waals surface area contributed by atoms with Crippen molar-refractivity contribution in [3.8, 4) is 5.75 Å². The quantitative estimate of drug-likeness (QED) is 0.792. The predicted molar refractivity (Wildman–Crippen MR) is 99.0 cm³/mol. The molecule has 2 aromatic rings. The number of thiazole rings is 1. The van der Waals surface area contributed by atoms with Crippen LogP contribution in [-0.4, -0.2) is 22.9 Å². The van der Waals surface area contributed by atoms with Gasteiger partial charge in [0.15, 0.2) is 11.2 Å². The normalized spacial score (nSPS) is 12.0. The Bertz CT molecular complexity index is 771. The van der Waals surface area contributed by atoms with Gasteiger partial charge in [-0.15, -0.1) is 11.3 Å². The Morgan fingerprint density at radius 1 is 1.32 bits per heavy atom. The summed E-state index contributed by atoms with van der Waals surface area (Å²) in [5.74, 6) is 0.254. The first-order valence-corrected chi connectivity index (χ1v) is 8.95. The Balaban J connectivity index is 2.04. The number of amides is 2. The average molecular weight is 361 g/mol. The molecule has 0 saturated heterocycles. The van der Waals surface area contributed by atoms with Gasteiger partial charge >= 0.3 is 0 Å². The third-order valence-electron chi connectivity index (χ3n) is 3.60. The van der Waals surface area contributed by atoms with Gasteiger partial charge in [-0.1, -0.05) is 26.0 Å². The standard InChI is InChI=1S/C18H23N3O3S/c1-10(2)14-6-5-11(3)7-15(14)24-12(4)17(23)21-18-20-13(9-25-18)8-16(19)22/h5-7,9-10,12H,8H2,1-4H3,(H2,19,22)(H,20,21,23). The summed E-state index contributed by atoms with van der Waals surface area (Å²) in [5, 5.41) is 4.83. The van der Waals surface area contributed by atoms with Crippen LogP contribution >= 0.6 is 11.3 Å². The smallest absolute Gasteiger partial charge is 0.266 e. The van der Waals surface area contributed by atoms with E-state index in [4.69, 9.17) is 10.5 Å². The number of hydrogen-bond acceptors (Lipinski definition) is 5. The molecule has 0 radical (unpaired) electrons. The van der Waals surface area contributed by atoms with Crippen molar-refractivity contribution in [1.29, 1.82) is 0 Å². The number of hydrogen-bond donors (Lipinski definition) is 2. The summed E-state index contributed by atoms with van der Waals surface area (Å²) in [7, 11) is 0. The minimum Gasteiger partial charge on any atom is -0.481 e. The van der Waals surface area contributed by atoms with Gasteiger partial charge in [0.05, 0.1) is 12.1 Å². The lowest BCUT2D eigenvalue weighted by Crippen LogP contribution is -2.30. The van der Waals surface area contributed by atoms with Gasteiger partial charge in [-0.3, -0.25) is 14.9 Å². The fourth-order valence-corrected chi connectivity index (χ4v) is 3.01. The molecular formula is C18H23N3O3S. The van der Waals surface area contributed by atoms with E-state index >= 15 is 0 Å². The third-order valence-corrected chi connectivity index (χ3v) is 4.41. The Morgan fingerprint density at radius 3 is 2.68 bits per heavy atom. The number of aryl methyl sites for hydroxylation is 1. The molecule has 3 N–H and O–H groups in total. The number of anilines is 1. The summed E-state index contributed by atoms with van der Waals surface area (Å²) < 4.78 is 5.88. The van der Waals surface area contributed by atoms with E-state index in [9.17, 15) is 9.59 Å². The monoisotopic (exact) mass is 361 g/mol. The largest absolute Gasteiger partial charge is 0.481 e. The highest BCUT2D eigenvalue weighted by Gasteiger charge is 2.19. The highest BCUT2D eigenvalue weighted by atomic mass is 32.1. The molecule has 0 spiro atoms. The molecule has 0 aliphatic rings. The second kappa shape index (κ2) is 8.11. The average Bonchev–Trinajstić information content (AvgIpc) is 2.93. The summed E-state index contributed by atoms with van der Waals surface area (Å²) in [6.07, 6.45) is -0.623. The van der Waals surface area contributed by atoms with Crippen LogP contribution in [0.4, 0.5) is 5.13 Å². The van der Waals surface area contributed by atoms with Gasteiger partial charge in [0, 0.05) is 5.38 Å². The van der Waals surface area contributed by atoms with Gasteiger partial charge < -0.3 is 10.5 Å². The number of carbonyl (C=O) groups is 2. The highest BCUT2D eigenvalue weighted by molar-refractivity contribution is 7.13. The second-order valence-corrected chi connectivity index (χ2v) is 7.09. The van der Waals surface area contributed by atoms with Crippen LogP contribution < -0.4 is 15.8 Å². The maximum atomic E-state index is 12.4. The number of primary amides is 1. The Labute approximate surface area is 151 Å². The van der Waals surface area contributed by atoms with Crippen molar-refractivity contribution < 1.29 is 14.3 Å². The molecule has 134 valence electrons. The summed E-state index contributed by atoms with van der Waals surface area (Å²) >= 11 is 1.25. The molecule has 1 aromatic heterocycles. The predicted octanol–water partition coefficient (Wildman–Crippen LogP) is 3.01. The summed E-state index contributed by atoms with van der Waals surface area (Å²) in [6, 6.07) is 5.99. The Morgan fingerprint density at radius 2 is 2.04 bits per heavy atom. The van der Waals surface area contributed by atoms with Gasteiger partial charge in [-0.25, -0.2) is 4.98 Å². The van der Waals surface area contributed by atoms with Crippen molar-refractivity contribution >= 4 is 28.3 Å². The zero-order valence-corrected chi connectivity index (χ0v) is 15.6. The molecule has 1 aromatic carbocycles. The number of nitrogens with one attached hydrogen (secondary N) is 1. The van der Waals surface area contributed by atoms with Crippen molar-refractivity contribution in [1.82, 2.24) is 4.98 Å². The molecular weight excluding hydrogens is 338 g/mol. The van der Waals surface area contributed by atoms with E-state index in [0.29, 0.717) is 22.5 Å². The lowest BCUT2D eigenvalue weighted by atomic mass is 10.0. The molecule has 2 amide bonds. The number of carbonyl (C=O) groups excluding carboxylic acids is 2. The number of aromatic nitrogens is 1. The SMILES string of the molecule is Cc1ccc(C(C)C)c(OC(C)C(=O)Nc2nc(CC(N)=O)cs2)c1. The first kappa shape index (κ1) is 18.9. The molecule has 0 bridgehead atoms. The van der Waals surface area contributed by atoms with E-state index < -0.39 is 12.0 Å². The van der Waals surface area contributed by atoms with Crippen molar-refractivity contribution in [2.45, 2.75) is 46.1 Å². The third kappa shape index (κ3) is 5.29. The van der Waals surface area contributed by atoms with Crippen LogP contribution in [0.1, 0.15) is 43.5 Å². The number of nitrogens with zero attached hydrogens (tertiary/aromatic N) is 1. The van der Waals surface area contributed by atoms with E-state index in [0.717, 1.165) is 11.1 Å². The topological polar surface area (TPSA) is 94.3 Å². The minimum atomic E-state index is -0.678. The van der Waals surface area contributed by atoms with Crippen LogP contribution in [0.2, 0.25) is 0 Å². The lowest BCUT2D eigenvalue weighted by Gasteiger charge is -2.19. The fraction of sp³-hybridized carbons (Fsp3) is 0.389. The molecule has 0 aliphatic heterocycles. The molecule has 0 aliphatic carbocycles. The van der Waals surface area contributed by atoms with Crippen LogP contribution in [-0.2, 0) is 16.0 Å². The van der Waals surface area contributed by atoms with E-state index in [1.165, 1.54) is 11.3 Å². The molecule has 0 saturated carbocycles. The van der Waals surface area contributed by atoms with E-state index in [1.54, 1.807) is 12.3 Å². The second-order valence-electron chi connectivity index (χ2n) is 6.23. The molecule has 6 nitrogen and oxygen atoms in total. The molecule has 2 rings (SSSR count). The van der Waals surface area contributed by atoms with Crippen LogP contribution in [0.5, 0.6) is 5.75 Å². The number of ether oxygens (including phenoxy) is 1. The summed E-state index contributed by atoms with van der Waals surface area (Å²) in [4.78, 5) is 27.4. The maximum absolute atomic E-state index is 12.4. The summed E-state index contributed by atoms with van der Waals surface area (Å²) in [5.41, 5.74) is 7.81. The van der Waals surface area contributed by atoms with Crippen molar-refractivity contribution in [3.63, 3.8) is 0 Å². The number of nitrogens with two attached hydrogens (primary N) is 1. The van der Waals surface area contributed by atoms with Crippen molar-refractivity contribution in [2.24, 2.45) is 5.73 Å². The molecule has 1 heterocycles. The molecule has 0 fully saturated rings. The van der Waals surface area contributed by atoms with Gasteiger partial charge in [-0.05, 0) is 37.0 Å². The van der Waals surface area contributed by atoms with E-state index in [1.807, 2.05) is 25.1 Å². The molecule has 25 heavy (non-hydrogen) atoms. The summed E-state index contributed by atoms with van der Waals surface area (Å²) in [6.45, 7) is 7.84. The molecule has 1 atom stereocenters. The number of benzene rings is 1.